The second-order valence-electron chi connectivity index (χ2n) is 6.47. The summed E-state index contributed by atoms with van der Waals surface area (Å²) in [5, 5.41) is 7.63. The van der Waals surface area contributed by atoms with Crippen LogP contribution < -0.4 is 5.32 Å². The maximum absolute atomic E-state index is 4.72. The molecule has 0 aliphatic heterocycles. The van der Waals surface area contributed by atoms with Crippen molar-refractivity contribution in [3.8, 4) is 10.6 Å². The summed E-state index contributed by atoms with van der Waals surface area (Å²) in [5.41, 5.74) is 2.26. The molecule has 5 heteroatoms. The molecule has 0 aliphatic rings. The number of anilines is 1. The van der Waals surface area contributed by atoms with E-state index < -0.39 is 0 Å². The molecule has 2 aromatic heterocycles. The summed E-state index contributed by atoms with van der Waals surface area (Å²) < 4.78 is 0. The predicted octanol–water partition coefficient (Wildman–Crippen LogP) is 4.94. The van der Waals surface area contributed by atoms with Crippen molar-refractivity contribution in [1.82, 2.24) is 9.97 Å². The fourth-order valence-electron chi connectivity index (χ4n) is 1.86. The molecule has 0 bridgehead atoms. The maximum atomic E-state index is 4.72. The minimum absolute atomic E-state index is 0.0508. The molecule has 0 unspecified atom stereocenters. The molecule has 0 aromatic carbocycles. The Bertz CT molecular complexity index is 576. The van der Waals surface area contributed by atoms with Crippen molar-refractivity contribution in [2.24, 2.45) is 5.92 Å². The lowest BCUT2D eigenvalue weighted by Crippen LogP contribution is -2.13. The largest absolute Gasteiger partial charge is 0.361 e. The number of nitrogens with one attached hydrogen (secondary N) is 1. The van der Waals surface area contributed by atoms with Crippen molar-refractivity contribution in [2.75, 3.05) is 11.9 Å². The van der Waals surface area contributed by atoms with Crippen LogP contribution in [0.2, 0.25) is 0 Å². The van der Waals surface area contributed by atoms with Crippen LogP contribution in [0.4, 0.5) is 5.13 Å². The molecule has 110 valence electrons. The minimum atomic E-state index is 0.0508. The number of aromatic nitrogens is 2. The van der Waals surface area contributed by atoms with Crippen LogP contribution in [0.5, 0.6) is 0 Å². The molecule has 0 saturated heterocycles. The Balaban J connectivity index is 2.28. The topological polar surface area (TPSA) is 37.8 Å². The highest BCUT2D eigenvalue weighted by Gasteiger charge is 2.24. The Labute approximate surface area is 129 Å². The van der Waals surface area contributed by atoms with Gasteiger partial charge in [0.1, 0.15) is 0 Å². The standard InChI is InChI=1S/C15H23N3S2/c1-9(2)7-16-14-18-11(8-19-14)12-13(15(4,5)6)17-10(3)20-12/h8-9H,7H2,1-6H3,(H,16,18). The number of hydrogen-bond donors (Lipinski definition) is 1. The Morgan fingerprint density at radius 2 is 1.95 bits per heavy atom. The van der Waals surface area contributed by atoms with Gasteiger partial charge < -0.3 is 5.32 Å². The normalized spacial score (nSPS) is 12.2. The van der Waals surface area contributed by atoms with Gasteiger partial charge in [0.05, 0.1) is 21.3 Å². The van der Waals surface area contributed by atoms with Gasteiger partial charge in [0, 0.05) is 17.3 Å². The van der Waals surface area contributed by atoms with E-state index >= 15 is 0 Å². The lowest BCUT2D eigenvalue weighted by Gasteiger charge is -2.16. The molecule has 0 radical (unpaired) electrons. The molecule has 1 N–H and O–H groups in total. The lowest BCUT2D eigenvalue weighted by molar-refractivity contribution is 0.573. The first-order valence-corrected chi connectivity index (χ1v) is 8.64. The van der Waals surface area contributed by atoms with Crippen LogP contribution >= 0.6 is 22.7 Å². The molecule has 0 spiro atoms. The van der Waals surface area contributed by atoms with E-state index in [9.17, 15) is 0 Å². The first kappa shape index (κ1) is 15.4. The molecular weight excluding hydrogens is 286 g/mol. The molecule has 2 rings (SSSR count). The van der Waals surface area contributed by atoms with Crippen LogP contribution in [0, 0.1) is 12.8 Å². The van der Waals surface area contributed by atoms with E-state index in [1.165, 1.54) is 4.88 Å². The van der Waals surface area contributed by atoms with E-state index in [4.69, 9.17) is 9.97 Å². The van der Waals surface area contributed by atoms with Crippen LogP contribution in [-0.4, -0.2) is 16.5 Å². The molecule has 20 heavy (non-hydrogen) atoms. The summed E-state index contributed by atoms with van der Waals surface area (Å²) in [6.07, 6.45) is 0. The van der Waals surface area contributed by atoms with Crippen LogP contribution in [0.1, 0.15) is 45.3 Å². The van der Waals surface area contributed by atoms with Crippen molar-refractivity contribution >= 4 is 27.8 Å². The van der Waals surface area contributed by atoms with Crippen molar-refractivity contribution in [3.63, 3.8) is 0 Å². The monoisotopic (exact) mass is 309 g/mol. The van der Waals surface area contributed by atoms with E-state index in [2.05, 4.69) is 52.2 Å². The average molecular weight is 310 g/mol. The summed E-state index contributed by atoms with van der Waals surface area (Å²) in [5.74, 6) is 0.623. The first-order chi connectivity index (χ1) is 9.27. The number of rotatable bonds is 4. The fraction of sp³-hybridized carbons (Fsp3) is 0.600. The third kappa shape index (κ3) is 3.58. The number of aryl methyl sites for hydroxylation is 1. The van der Waals surface area contributed by atoms with Gasteiger partial charge in [-0.25, -0.2) is 9.97 Å². The number of thiazole rings is 2. The lowest BCUT2D eigenvalue weighted by atomic mass is 9.91. The van der Waals surface area contributed by atoms with Gasteiger partial charge in [0.15, 0.2) is 5.13 Å². The summed E-state index contributed by atoms with van der Waals surface area (Å²) in [4.78, 5) is 10.6. The van der Waals surface area contributed by atoms with Crippen molar-refractivity contribution in [2.45, 2.75) is 47.0 Å². The molecule has 3 nitrogen and oxygen atoms in total. The number of hydrogen-bond acceptors (Lipinski definition) is 5. The van der Waals surface area contributed by atoms with Gasteiger partial charge in [-0.1, -0.05) is 34.6 Å². The number of nitrogens with zero attached hydrogens (tertiary/aromatic N) is 2. The van der Waals surface area contributed by atoms with Gasteiger partial charge in [0.25, 0.3) is 0 Å². The highest BCUT2D eigenvalue weighted by Crippen LogP contribution is 2.38. The molecule has 2 heterocycles. The summed E-state index contributed by atoms with van der Waals surface area (Å²) in [6, 6.07) is 0. The van der Waals surface area contributed by atoms with Gasteiger partial charge in [-0.05, 0) is 12.8 Å². The molecule has 0 amide bonds. The second kappa shape index (κ2) is 5.82. The third-order valence-electron chi connectivity index (χ3n) is 2.84. The Morgan fingerprint density at radius 1 is 1.25 bits per heavy atom. The van der Waals surface area contributed by atoms with Crippen molar-refractivity contribution in [1.29, 1.82) is 0 Å². The predicted molar refractivity (Wildman–Crippen MR) is 90.0 cm³/mol. The first-order valence-electron chi connectivity index (χ1n) is 6.95. The van der Waals surface area contributed by atoms with E-state index in [-0.39, 0.29) is 5.41 Å². The highest BCUT2D eigenvalue weighted by molar-refractivity contribution is 7.16. The third-order valence-corrected chi connectivity index (χ3v) is 4.64. The van der Waals surface area contributed by atoms with Crippen molar-refractivity contribution < 1.29 is 0 Å². The zero-order valence-corrected chi connectivity index (χ0v) is 14.7. The molecule has 0 aliphatic carbocycles. The van der Waals surface area contributed by atoms with Crippen LogP contribution in [0.15, 0.2) is 5.38 Å². The van der Waals surface area contributed by atoms with E-state index in [1.807, 2.05) is 0 Å². The van der Waals surface area contributed by atoms with Gasteiger partial charge in [-0.3, -0.25) is 0 Å². The smallest absolute Gasteiger partial charge is 0.183 e. The highest BCUT2D eigenvalue weighted by atomic mass is 32.1. The Morgan fingerprint density at radius 3 is 2.55 bits per heavy atom. The molecule has 0 saturated carbocycles. The van der Waals surface area contributed by atoms with E-state index in [0.29, 0.717) is 5.92 Å². The van der Waals surface area contributed by atoms with Gasteiger partial charge in [-0.2, -0.15) is 0 Å². The van der Waals surface area contributed by atoms with Crippen molar-refractivity contribution in [3.05, 3.63) is 16.1 Å². The molecular formula is C15H23N3S2. The van der Waals surface area contributed by atoms with Gasteiger partial charge >= 0.3 is 0 Å². The van der Waals surface area contributed by atoms with Gasteiger partial charge in [0.2, 0.25) is 0 Å². The van der Waals surface area contributed by atoms with E-state index in [1.54, 1.807) is 22.7 Å². The quantitative estimate of drug-likeness (QED) is 0.869. The molecule has 0 fully saturated rings. The maximum Gasteiger partial charge on any atom is 0.183 e. The van der Waals surface area contributed by atoms with Gasteiger partial charge in [-0.15, -0.1) is 22.7 Å². The second-order valence-corrected chi connectivity index (χ2v) is 8.53. The fourth-order valence-corrected chi connectivity index (χ4v) is 3.74. The summed E-state index contributed by atoms with van der Waals surface area (Å²) in [6.45, 7) is 14.0. The molecule has 0 atom stereocenters. The van der Waals surface area contributed by atoms with Crippen LogP contribution in [0.3, 0.4) is 0 Å². The van der Waals surface area contributed by atoms with Crippen LogP contribution in [-0.2, 0) is 5.41 Å². The van der Waals surface area contributed by atoms with Crippen LogP contribution in [0.25, 0.3) is 10.6 Å². The molecule has 2 aromatic rings. The summed E-state index contributed by atoms with van der Waals surface area (Å²) >= 11 is 3.41. The zero-order valence-electron chi connectivity index (χ0n) is 13.1. The average Bonchev–Trinajstić information content (AvgIpc) is 2.91. The summed E-state index contributed by atoms with van der Waals surface area (Å²) in [7, 11) is 0. The minimum Gasteiger partial charge on any atom is -0.361 e. The Kier molecular flexibility index (Phi) is 4.49. The SMILES string of the molecule is Cc1nc(C(C)(C)C)c(-c2csc(NCC(C)C)n2)s1. The zero-order chi connectivity index (χ0) is 14.9. The Hall–Kier alpha value is -0.940. The van der Waals surface area contributed by atoms with E-state index in [0.717, 1.165) is 28.1 Å².